The molecule has 6 heterocycles. The molecule has 3 amide bonds. The van der Waals surface area contributed by atoms with Crippen LogP contribution in [0.2, 0.25) is 0 Å². The molecule has 370 valence electrons. The molecule has 1 aromatic carbocycles. The van der Waals surface area contributed by atoms with E-state index in [-0.39, 0.29) is 132 Å². The third-order valence-electron chi connectivity index (χ3n) is 12.5. The molecule has 4 aromatic rings. The van der Waals surface area contributed by atoms with E-state index >= 15 is 0 Å². The number of esters is 1. The van der Waals surface area contributed by atoms with E-state index in [0.29, 0.717) is 49.6 Å². The number of hydrazine groups is 1. The van der Waals surface area contributed by atoms with Crippen LogP contribution in [-0.2, 0) is 46.4 Å². The number of fused-ring (bicyclic) bond motifs is 7. The zero-order chi connectivity index (χ0) is 41.7. The van der Waals surface area contributed by atoms with Gasteiger partial charge in [0.1, 0.15) is 23.2 Å². The maximum Gasteiger partial charge on any atom is 0.324 e. The number of hydrogen-bond acceptors (Lipinski definition) is 11. The Hall–Kier alpha value is -2.25. The lowest BCUT2D eigenvalue weighted by Crippen LogP contribution is -2.61. The number of carbonyl (C=O) groups excluding carboxylic acids is 4. The van der Waals surface area contributed by atoms with Crippen molar-refractivity contribution in [3.8, 4) is 22.5 Å². The summed E-state index contributed by atoms with van der Waals surface area (Å²) in [6.45, 7) is 12.2. The van der Waals surface area contributed by atoms with E-state index in [1.807, 2.05) is 25.3 Å². The Balaban J connectivity index is 0.00000311. The summed E-state index contributed by atoms with van der Waals surface area (Å²) in [5.41, 5.74) is 9.26. The largest absolute Gasteiger partial charge is 0.464 e. The molecule has 7 atom stereocenters. The number of carbonyl (C=O) groups is 4. The first-order valence-electron chi connectivity index (χ1n) is 20.9. The Labute approximate surface area is 441 Å². The van der Waals surface area contributed by atoms with Crippen molar-refractivity contribution in [1.29, 1.82) is 0 Å². The van der Waals surface area contributed by atoms with E-state index in [2.05, 4.69) is 60.3 Å². The predicted molar refractivity (Wildman–Crippen MR) is 295 cm³/mol. The molecule has 1 aliphatic carbocycles. The predicted octanol–water partition coefficient (Wildman–Crippen LogP) is 6.25. The van der Waals surface area contributed by atoms with Crippen molar-refractivity contribution in [1.82, 2.24) is 35.2 Å². The van der Waals surface area contributed by atoms with Gasteiger partial charge < -0.3 is 29.0 Å². The van der Waals surface area contributed by atoms with Gasteiger partial charge in [0.25, 0.3) is 5.91 Å². The van der Waals surface area contributed by atoms with Gasteiger partial charge >= 0.3 is 5.97 Å². The summed E-state index contributed by atoms with van der Waals surface area (Å²) >= 11 is 1.37. The molecule has 8 rings (SSSR count). The van der Waals surface area contributed by atoms with Crippen LogP contribution in [0, 0.1) is 23.2 Å². The van der Waals surface area contributed by atoms with Crippen LogP contribution in [0.3, 0.4) is 0 Å². The number of benzene rings is 1. The molecule has 3 fully saturated rings. The van der Waals surface area contributed by atoms with Gasteiger partial charge in [-0.1, -0.05) is 19.9 Å². The zero-order valence-corrected chi connectivity index (χ0v) is 46.3. The average Bonchev–Trinajstić information content (AvgIpc) is 3.64. The van der Waals surface area contributed by atoms with Gasteiger partial charge in [-0.25, -0.2) is 10.4 Å². The zero-order valence-electron chi connectivity index (χ0n) is 38.4. The SMILES string of the molecule is CCO[C@@H]1c2nc(cs2)-c2ccc3c(c2)c(c(-c2cccnc2[C@H](C)OC)n3CC)CC(C)(C)COC(=O)[C@@H]2CCCN(N2)C(=O)[C@H]1NC(=O)[C@H]1[C@@H]2CCN(C)C(=O)[C@@H]21.S.S.S.S.S.S.S. The molecule has 66 heavy (non-hydrogen) atoms. The summed E-state index contributed by atoms with van der Waals surface area (Å²) in [7, 11) is 3.44. The molecule has 22 heteroatoms. The molecule has 0 unspecified atom stereocenters. The van der Waals surface area contributed by atoms with Crippen LogP contribution in [0.5, 0.6) is 0 Å². The summed E-state index contributed by atoms with van der Waals surface area (Å²) < 4.78 is 20.6. The normalized spacial score (nSPS) is 23.5. The van der Waals surface area contributed by atoms with Gasteiger partial charge in [0, 0.05) is 79.4 Å². The van der Waals surface area contributed by atoms with E-state index in [4.69, 9.17) is 24.2 Å². The van der Waals surface area contributed by atoms with Crippen molar-refractivity contribution >= 4 is 140 Å². The van der Waals surface area contributed by atoms with E-state index in [1.54, 1.807) is 25.3 Å². The molecular formula is C44H69N7O7S8. The van der Waals surface area contributed by atoms with Gasteiger partial charge in [0.15, 0.2) is 0 Å². The number of pyridine rings is 1. The Morgan fingerprint density at radius 1 is 1.03 bits per heavy atom. The monoisotopic (exact) mass is 1060 g/mol. The second-order valence-electron chi connectivity index (χ2n) is 17.1. The third-order valence-corrected chi connectivity index (χ3v) is 13.4. The number of cyclic esters (lactones) is 1. The molecule has 0 spiro atoms. The van der Waals surface area contributed by atoms with Crippen LogP contribution in [0.25, 0.3) is 33.4 Å². The van der Waals surface area contributed by atoms with Gasteiger partial charge in [-0.3, -0.25) is 29.2 Å². The van der Waals surface area contributed by atoms with Gasteiger partial charge in [-0.2, -0.15) is 94.5 Å². The number of ether oxygens (including phenoxy) is 3. The topological polar surface area (TPSA) is 157 Å². The number of nitrogens with one attached hydrogen (secondary N) is 2. The highest BCUT2D eigenvalue weighted by Gasteiger charge is 2.61. The first-order valence-corrected chi connectivity index (χ1v) is 21.7. The van der Waals surface area contributed by atoms with Crippen molar-refractivity contribution in [2.45, 2.75) is 91.1 Å². The molecule has 3 aliphatic heterocycles. The smallest absolute Gasteiger partial charge is 0.324 e. The lowest BCUT2D eigenvalue weighted by molar-refractivity contribution is -0.156. The highest BCUT2D eigenvalue weighted by atomic mass is 32.1. The third kappa shape index (κ3) is 12.0. The van der Waals surface area contributed by atoms with Gasteiger partial charge in [-0.15, -0.1) is 11.3 Å². The minimum Gasteiger partial charge on any atom is -0.464 e. The number of rotatable bonds is 8. The van der Waals surface area contributed by atoms with E-state index < -0.39 is 47.3 Å². The Kier molecular flexibility index (Phi) is 23.9. The molecule has 3 aromatic heterocycles. The number of aromatic nitrogens is 3. The number of aryl methyl sites for hydroxylation is 1. The molecule has 1 saturated carbocycles. The van der Waals surface area contributed by atoms with Gasteiger partial charge in [0.05, 0.1) is 41.6 Å². The number of amides is 3. The fourth-order valence-corrected chi connectivity index (χ4v) is 10.2. The lowest BCUT2D eigenvalue weighted by atomic mass is 9.84. The van der Waals surface area contributed by atoms with Crippen LogP contribution in [0.4, 0.5) is 0 Å². The maximum absolute atomic E-state index is 14.7. The lowest BCUT2D eigenvalue weighted by Gasteiger charge is -2.37. The van der Waals surface area contributed by atoms with E-state index in [9.17, 15) is 19.2 Å². The molecule has 14 nitrogen and oxygen atoms in total. The number of methoxy groups -OCH3 is 1. The van der Waals surface area contributed by atoms with Gasteiger partial charge in [0.2, 0.25) is 11.8 Å². The summed E-state index contributed by atoms with van der Waals surface area (Å²) in [6, 6.07) is 8.45. The number of likely N-dealkylation sites (tertiary alicyclic amines) is 1. The van der Waals surface area contributed by atoms with Gasteiger partial charge in [-0.05, 0) is 82.2 Å². The maximum atomic E-state index is 14.7. The van der Waals surface area contributed by atoms with Crippen molar-refractivity contribution in [3.63, 3.8) is 0 Å². The Bertz CT molecular complexity index is 2300. The number of piperidine rings is 1. The molecule has 2 N–H and O–H groups in total. The first kappa shape index (κ1) is 61.8. The van der Waals surface area contributed by atoms with Crippen LogP contribution in [0.15, 0.2) is 41.9 Å². The average molecular weight is 1060 g/mol. The van der Waals surface area contributed by atoms with Crippen molar-refractivity contribution in [2.24, 2.45) is 23.2 Å². The summed E-state index contributed by atoms with van der Waals surface area (Å²) in [5, 5.41) is 7.99. The number of thiazole rings is 1. The van der Waals surface area contributed by atoms with Crippen LogP contribution < -0.4 is 10.7 Å². The molecule has 6 bridgehead atoms. The fourth-order valence-electron chi connectivity index (χ4n) is 9.32. The summed E-state index contributed by atoms with van der Waals surface area (Å²) in [5.74, 6) is -2.27. The molecule has 4 aliphatic rings. The number of nitrogens with zero attached hydrogens (tertiary/aromatic N) is 5. The first-order chi connectivity index (χ1) is 28.3. The quantitative estimate of drug-likeness (QED) is 0.194. The Morgan fingerprint density at radius 3 is 2.44 bits per heavy atom. The second kappa shape index (κ2) is 25.6. The minimum absolute atomic E-state index is 0. The number of hydrogen-bond donors (Lipinski definition) is 2. The van der Waals surface area contributed by atoms with Crippen molar-refractivity contribution < 1.29 is 33.4 Å². The van der Waals surface area contributed by atoms with E-state index in [0.717, 1.165) is 45.4 Å². The molecule has 2 saturated heterocycles. The highest BCUT2D eigenvalue weighted by Crippen LogP contribution is 2.52. The van der Waals surface area contributed by atoms with Crippen LogP contribution >= 0.6 is 106 Å². The summed E-state index contributed by atoms with van der Waals surface area (Å²) in [6.07, 6.45) is 2.94. The highest BCUT2D eigenvalue weighted by molar-refractivity contribution is 7.60. The fraction of sp³-hybridized carbons (Fsp3) is 0.545. The van der Waals surface area contributed by atoms with Crippen LogP contribution in [0.1, 0.15) is 82.4 Å². The van der Waals surface area contributed by atoms with E-state index in [1.165, 1.54) is 16.3 Å². The standard InChI is InChI=1S/C44H55N7O7S.7H2S/c1-8-50-32-15-14-25-20-28(32)29(37(50)27-12-10-17-45-35(27)24(3)56-7)21-44(4,5)23-58-43(55)30-13-11-18-51(48-30)42(54)36(38(57-9-2)40-46-31(25)22-59-40)47-39(52)33-26-16-19-49(6)41(53)34(26)33;;;;;;;/h10,12,14-15,17,20,22,24,26,30,33-34,36,38,48H,8-9,11,13,16,18-19,21,23H2,1-7H3,(H,47,52);7*1H2/t24-,26-,30-,33-,34-,36-,38-;;;;;;;/m0......./s1. The molecule has 0 radical (unpaired) electrons. The second-order valence-corrected chi connectivity index (χ2v) is 18.0. The Morgan fingerprint density at radius 2 is 1.76 bits per heavy atom. The molecular weight excluding hydrogens is 995 g/mol. The van der Waals surface area contributed by atoms with Crippen molar-refractivity contribution in [3.05, 3.63) is 58.2 Å². The minimum atomic E-state index is -1.18. The summed E-state index contributed by atoms with van der Waals surface area (Å²) in [4.78, 5) is 67.2. The van der Waals surface area contributed by atoms with Crippen molar-refractivity contribution in [2.75, 3.05) is 40.5 Å². The van der Waals surface area contributed by atoms with Crippen LogP contribution in [-0.4, -0.2) is 101 Å².